The first-order chi connectivity index (χ1) is 9.31. The average molecular weight is 320 g/mol. The van der Waals surface area contributed by atoms with Crippen molar-refractivity contribution >= 4 is 27.6 Å². The van der Waals surface area contributed by atoms with Crippen molar-refractivity contribution in [1.82, 2.24) is 4.72 Å². The van der Waals surface area contributed by atoms with Gasteiger partial charge in [-0.05, 0) is 24.1 Å². The molecular formula is C13H18ClNO4S. The average Bonchev–Trinajstić information content (AvgIpc) is 2.39. The van der Waals surface area contributed by atoms with Gasteiger partial charge in [-0.15, -0.1) is 0 Å². The topological polar surface area (TPSA) is 83.5 Å². The van der Waals surface area contributed by atoms with Crippen LogP contribution in [0.25, 0.3) is 0 Å². The first-order valence-corrected chi connectivity index (χ1v) is 8.20. The maximum Gasteiger partial charge on any atom is 0.337 e. The molecule has 1 aromatic rings. The van der Waals surface area contributed by atoms with Gasteiger partial charge in [-0.1, -0.05) is 38.3 Å². The van der Waals surface area contributed by atoms with Crippen molar-refractivity contribution in [3.63, 3.8) is 0 Å². The molecule has 0 radical (unpaired) electrons. The summed E-state index contributed by atoms with van der Waals surface area (Å²) in [5.74, 6) is -0.914. The van der Waals surface area contributed by atoms with E-state index in [9.17, 15) is 13.2 Å². The van der Waals surface area contributed by atoms with Crippen molar-refractivity contribution in [3.05, 3.63) is 28.8 Å². The minimum atomic E-state index is -3.67. The van der Waals surface area contributed by atoms with Crippen LogP contribution in [-0.4, -0.2) is 26.0 Å². The van der Waals surface area contributed by atoms with Crippen LogP contribution in [0.2, 0.25) is 5.02 Å². The highest BCUT2D eigenvalue weighted by Gasteiger charge is 2.18. The van der Waals surface area contributed by atoms with Gasteiger partial charge >= 0.3 is 5.97 Å². The van der Waals surface area contributed by atoms with E-state index in [-0.39, 0.29) is 21.4 Å². The lowest BCUT2D eigenvalue weighted by Crippen LogP contribution is -2.29. The normalized spacial score (nSPS) is 11.8. The van der Waals surface area contributed by atoms with Gasteiger partial charge in [0.05, 0.1) is 15.5 Å². The van der Waals surface area contributed by atoms with Crippen LogP contribution in [0.15, 0.2) is 23.1 Å². The molecule has 112 valence electrons. The molecule has 0 aliphatic heterocycles. The Labute approximate surface area is 124 Å². The lowest BCUT2D eigenvalue weighted by Gasteiger charge is -2.14. The molecule has 0 fully saturated rings. The number of hydrogen-bond acceptors (Lipinski definition) is 3. The molecule has 0 atom stereocenters. The molecule has 0 aliphatic carbocycles. The van der Waals surface area contributed by atoms with Crippen LogP contribution in [0, 0.1) is 5.92 Å². The van der Waals surface area contributed by atoms with E-state index in [1.165, 1.54) is 12.1 Å². The summed E-state index contributed by atoms with van der Waals surface area (Å²) in [4.78, 5) is 10.8. The molecule has 0 bridgehead atoms. The van der Waals surface area contributed by atoms with Crippen molar-refractivity contribution in [2.75, 3.05) is 6.54 Å². The van der Waals surface area contributed by atoms with E-state index in [0.29, 0.717) is 6.54 Å². The molecule has 5 nitrogen and oxygen atoms in total. The second-order valence-electron chi connectivity index (χ2n) is 4.48. The Bertz CT molecular complexity index is 582. The van der Waals surface area contributed by atoms with E-state index in [2.05, 4.69) is 4.72 Å². The molecule has 1 rings (SSSR count). The summed E-state index contributed by atoms with van der Waals surface area (Å²) in [6, 6.07) is 3.58. The summed E-state index contributed by atoms with van der Waals surface area (Å²) in [5, 5.41) is 8.76. The number of halogens is 1. The van der Waals surface area contributed by atoms with Crippen LogP contribution in [0.1, 0.15) is 37.0 Å². The van der Waals surface area contributed by atoms with Gasteiger partial charge in [-0.25, -0.2) is 17.9 Å². The molecule has 0 amide bonds. The fourth-order valence-corrected chi connectivity index (χ4v) is 3.19. The Kier molecular flexibility index (Phi) is 5.98. The molecule has 2 N–H and O–H groups in total. The Morgan fingerprint density at radius 3 is 2.40 bits per heavy atom. The summed E-state index contributed by atoms with van der Waals surface area (Å²) < 4.78 is 26.7. The summed E-state index contributed by atoms with van der Waals surface area (Å²) >= 11 is 5.77. The standard InChI is InChI=1S/C13H18ClNO4S/c1-3-9(4-2)8-15-20(18,19)10-5-6-11(13(16)17)12(14)7-10/h5-7,9,15H,3-4,8H2,1-2H3,(H,16,17). The molecular weight excluding hydrogens is 302 g/mol. The van der Waals surface area contributed by atoms with Gasteiger partial charge < -0.3 is 5.11 Å². The first kappa shape index (κ1) is 16.9. The molecule has 20 heavy (non-hydrogen) atoms. The molecule has 0 spiro atoms. The second-order valence-corrected chi connectivity index (χ2v) is 6.66. The van der Waals surface area contributed by atoms with Crippen LogP contribution < -0.4 is 4.72 Å². The number of rotatable bonds is 7. The summed E-state index contributed by atoms with van der Waals surface area (Å²) in [7, 11) is -3.67. The van der Waals surface area contributed by atoms with Crippen LogP contribution in [-0.2, 0) is 10.0 Å². The zero-order valence-corrected chi connectivity index (χ0v) is 13.0. The third kappa shape index (κ3) is 4.19. The predicted octanol–water partition coefficient (Wildman–Crippen LogP) is 2.75. The van der Waals surface area contributed by atoms with Crippen LogP contribution in [0.3, 0.4) is 0 Å². The van der Waals surface area contributed by atoms with E-state index in [1.807, 2.05) is 13.8 Å². The fourth-order valence-electron chi connectivity index (χ4n) is 1.72. The number of nitrogens with one attached hydrogen (secondary N) is 1. The maximum absolute atomic E-state index is 12.1. The number of benzene rings is 1. The number of hydrogen-bond donors (Lipinski definition) is 2. The molecule has 0 saturated heterocycles. The molecule has 0 aromatic heterocycles. The lowest BCUT2D eigenvalue weighted by molar-refractivity contribution is 0.0697. The largest absolute Gasteiger partial charge is 0.478 e. The molecule has 1 aromatic carbocycles. The second kappa shape index (κ2) is 7.06. The number of aromatic carboxylic acids is 1. The van der Waals surface area contributed by atoms with Crippen molar-refractivity contribution in [3.8, 4) is 0 Å². The lowest BCUT2D eigenvalue weighted by atomic mass is 10.0. The minimum Gasteiger partial charge on any atom is -0.478 e. The van der Waals surface area contributed by atoms with Gasteiger partial charge in [0.15, 0.2) is 0 Å². The monoisotopic (exact) mass is 319 g/mol. The molecule has 0 saturated carbocycles. The highest BCUT2D eigenvalue weighted by Crippen LogP contribution is 2.21. The van der Waals surface area contributed by atoms with Crippen molar-refractivity contribution in [1.29, 1.82) is 0 Å². The SMILES string of the molecule is CCC(CC)CNS(=O)(=O)c1ccc(C(=O)O)c(Cl)c1. The maximum atomic E-state index is 12.1. The van der Waals surface area contributed by atoms with Crippen molar-refractivity contribution in [2.45, 2.75) is 31.6 Å². The zero-order valence-electron chi connectivity index (χ0n) is 11.4. The molecule has 7 heteroatoms. The van der Waals surface area contributed by atoms with E-state index in [4.69, 9.17) is 16.7 Å². The number of carboxylic acid groups (broad SMARTS) is 1. The van der Waals surface area contributed by atoms with Gasteiger partial charge in [0.1, 0.15) is 0 Å². The summed E-state index contributed by atoms with van der Waals surface area (Å²) in [6.07, 6.45) is 1.77. The van der Waals surface area contributed by atoms with Crippen LogP contribution in [0.5, 0.6) is 0 Å². The van der Waals surface area contributed by atoms with Gasteiger partial charge in [0.2, 0.25) is 10.0 Å². The van der Waals surface area contributed by atoms with Crippen LogP contribution >= 0.6 is 11.6 Å². The van der Waals surface area contributed by atoms with Crippen molar-refractivity contribution < 1.29 is 18.3 Å². The van der Waals surface area contributed by atoms with E-state index in [1.54, 1.807) is 0 Å². The first-order valence-electron chi connectivity index (χ1n) is 6.34. The highest BCUT2D eigenvalue weighted by molar-refractivity contribution is 7.89. The van der Waals surface area contributed by atoms with Crippen LogP contribution in [0.4, 0.5) is 0 Å². The Balaban J connectivity index is 2.93. The molecule has 0 unspecified atom stereocenters. The molecule has 0 heterocycles. The Hall–Kier alpha value is -1.11. The Morgan fingerprint density at radius 2 is 1.95 bits per heavy atom. The number of sulfonamides is 1. The third-order valence-electron chi connectivity index (χ3n) is 3.20. The van der Waals surface area contributed by atoms with E-state index < -0.39 is 16.0 Å². The summed E-state index contributed by atoms with van der Waals surface area (Å²) in [5.41, 5.74) is -0.120. The van der Waals surface area contributed by atoms with Crippen molar-refractivity contribution in [2.24, 2.45) is 5.92 Å². The third-order valence-corrected chi connectivity index (χ3v) is 4.93. The Morgan fingerprint density at radius 1 is 1.35 bits per heavy atom. The predicted molar refractivity (Wildman–Crippen MR) is 77.7 cm³/mol. The van der Waals surface area contributed by atoms with Gasteiger partial charge in [0, 0.05) is 6.54 Å². The smallest absolute Gasteiger partial charge is 0.337 e. The zero-order chi connectivity index (χ0) is 15.3. The fraction of sp³-hybridized carbons (Fsp3) is 0.462. The number of carbonyl (C=O) groups is 1. The van der Waals surface area contributed by atoms with Gasteiger partial charge in [0.25, 0.3) is 0 Å². The van der Waals surface area contributed by atoms with E-state index in [0.717, 1.165) is 18.9 Å². The quantitative estimate of drug-likeness (QED) is 0.809. The highest BCUT2D eigenvalue weighted by atomic mass is 35.5. The number of carboxylic acids is 1. The van der Waals surface area contributed by atoms with Gasteiger partial charge in [-0.3, -0.25) is 0 Å². The molecule has 0 aliphatic rings. The van der Waals surface area contributed by atoms with E-state index >= 15 is 0 Å². The minimum absolute atomic E-state index is 0.0292. The summed E-state index contributed by atoms with van der Waals surface area (Å²) in [6.45, 7) is 4.36. The van der Waals surface area contributed by atoms with Gasteiger partial charge in [-0.2, -0.15) is 0 Å².